The fourth-order valence-electron chi connectivity index (χ4n) is 4.47. The monoisotopic (exact) mass is 612 g/mol. The molecule has 3 aromatic rings. The highest BCUT2D eigenvalue weighted by Gasteiger charge is 2.31. The van der Waals surface area contributed by atoms with Gasteiger partial charge in [0.2, 0.25) is 5.95 Å². The first-order valence-corrected chi connectivity index (χ1v) is 13.9. The largest absolute Gasteiger partial charge is 0.465 e. The molecule has 0 spiro atoms. The van der Waals surface area contributed by atoms with Crippen LogP contribution in [0.15, 0.2) is 33.9 Å². The number of nitrogens with zero attached hydrogens (tertiary/aromatic N) is 6. The van der Waals surface area contributed by atoms with Crippen LogP contribution in [0.1, 0.15) is 51.9 Å². The predicted octanol–water partition coefficient (Wildman–Crippen LogP) is 2.05. The lowest BCUT2D eigenvalue weighted by Crippen LogP contribution is -2.49. The summed E-state index contributed by atoms with van der Waals surface area (Å²) in [5.41, 5.74) is -3.45. The summed E-state index contributed by atoms with van der Waals surface area (Å²) in [4.78, 5) is 84.3. The summed E-state index contributed by atoms with van der Waals surface area (Å²) in [7, 11) is 0. The average Bonchev–Trinajstić information content (AvgIpc) is 3.36. The Hall–Kier alpha value is -4.95. The zero-order valence-corrected chi connectivity index (χ0v) is 25.5. The van der Waals surface area contributed by atoms with E-state index in [1.165, 1.54) is 9.47 Å². The van der Waals surface area contributed by atoms with Crippen LogP contribution in [-0.4, -0.2) is 79.2 Å². The van der Waals surface area contributed by atoms with Gasteiger partial charge >= 0.3 is 23.7 Å². The Balaban J connectivity index is 2.01. The van der Waals surface area contributed by atoms with E-state index in [2.05, 4.69) is 4.98 Å². The molecule has 2 aromatic heterocycles. The molecule has 236 valence electrons. The Morgan fingerprint density at radius 1 is 0.886 bits per heavy atom. The van der Waals surface area contributed by atoms with Crippen LogP contribution in [0.4, 0.5) is 10.7 Å². The van der Waals surface area contributed by atoms with Crippen molar-refractivity contribution in [3.8, 4) is 5.69 Å². The highest BCUT2D eigenvalue weighted by atomic mass is 16.6. The second kappa shape index (κ2) is 12.0. The number of ether oxygens (including phenoxy) is 2. The number of carbonyl (C=O) groups is 4. The summed E-state index contributed by atoms with van der Waals surface area (Å²) < 4.78 is 13.9. The number of carbonyl (C=O) groups excluding carboxylic acids is 3. The first kappa shape index (κ1) is 32.0. The molecule has 1 fully saturated rings. The SMILES string of the molecule is CC(C)(C)C(=O)OCn1c(=O)c2c(nc(N3CCN(C(=O)O)CC3)n2-c2ccccc2C=O)n(COC(=O)C(C)(C)C)c1=O. The van der Waals surface area contributed by atoms with Gasteiger partial charge in [-0.3, -0.25) is 23.7 Å². The van der Waals surface area contributed by atoms with Gasteiger partial charge in [-0.05, 0) is 53.7 Å². The molecule has 44 heavy (non-hydrogen) atoms. The molecule has 3 heterocycles. The second-order valence-corrected chi connectivity index (χ2v) is 12.4. The summed E-state index contributed by atoms with van der Waals surface area (Å²) >= 11 is 0. The molecule has 0 aliphatic carbocycles. The predicted molar refractivity (Wildman–Crippen MR) is 158 cm³/mol. The molecular weight excluding hydrogens is 576 g/mol. The van der Waals surface area contributed by atoms with Gasteiger partial charge in [-0.2, -0.15) is 4.98 Å². The highest BCUT2D eigenvalue weighted by Crippen LogP contribution is 2.28. The third-order valence-electron chi connectivity index (χ3n) is 7.02. The van der Waals surface area contributed by atoms with E-state index in [1.807, 2.05) is 0 Å². The number of hydrogen-bond donors (Lipinski definition) is 1. The molecule has 15 heteroatoms. The molecule has 0 saturated carbocycles. The maximum Gasteiger partial charge on any atom is 0.407 e. The minimum atomic E-state index is -1.08. The van der Waals surface area contributed by atoms with Gasteiger partial charge in [-0.25, -0.2) is 18.7 Å². The number of hydrogen-bond acceptors (Lipinski definition) is 10. The molecular formula is C29H36N6O9. The molecule has 0 bridgehead atoms. The highest BCUT2D eigenvalue weighted by molar-refractivity contribution is 5.86. The average molecular weight is 613 g/mol. The molecule has 15 nitrogen and oxygen atoms in total. The number of esters is 2. The van der Waals surface area contributed by atoms with Crippen LogP contribution in [0.25, 0.3) is 16.9 Å². The quantitative estimate of drug-likeness (QED) is 0.305. The van der Waals surface area contributed by atoms with Crippen molar-refractivity contribution in [2.45, 2.75) is 55.0 Å². The minimum Gasteiger partial charge on any atom is -0.465 e. The van der Waals surface area contributed by atoms with Crippen molar-refractivity contribution in [2.75, 3.05) is 31.1 Å². The zero-order valence-electron chi connectivity index (χ0n) is 25.5. The van der Waals surface area contributed by atoms with Crippen molar-refractivity contribution >= 4 is 41.4 Å². The molecule has 1 aliphatic rings. The number of carboxylic acid groups (broad SMARTS) is 1. The molecule has 1 aliphatic heterocycles. The van der Waals surface area contributed by atoms with Crippen molar-refractivity contribution in [1.29, 1.82) is 0 Å². The van der Waals surface area contributed by atoms with Gasteiger partial charge in [0.25, 0.3) is 5.56 Å². The van der Waals surface area contributed by atoms with E-state index in [0.717, 1.165) is 4.57 Å². The lowest BCUT2D eigenvalue weighted by Gasteiger charge is -2.34. The number of rotatable bonds is 7. The standard InChI is InChI=1S/C29H36N6O9/c1-28(2,3)23(38)43-16-33-21-20(22(37)34(26(33)40)17-44-24(39)29(4,5)6)35(19-10-8-7-9-18(19)15-36)25(30-21)31-11-13-32(14-12-31)27(41)42/h7-10,15H,11-14,16-17H2,1-6H3,(H,41,42). The van der Waals surface area contributed by atoms with Crippen molar-refractivity contribution in [3.05, 3.63) is 50.7 Å². The number of aldehydes is 1. The van der Waals surface area contributed by atoms with Crippen molar-refractivity contribution < 1.29 is 33.8 Å². The first-order valence-electron chi connectivity index (χ1n) is 13.9. The number of piperazine rings is 1. The van der Waals surface area contributed by atoms with E-state index < -0.39 is 53.6 Å². The normalized spacial score (nSPS) is 14.0. The number of imidazole rings is 1. The minimum absolute atomic E-state index is 0.136. The summed E-state index contributed by atoms with van der Waals surface area (Å²) in [5.74, 6) is -1.12. The smallest absolute Gasteiger partial charge is 0.407 e. The van der Waals surface area contributed by atoms with E-state index in [4.69, 9.17) is 9.47 Å². The van der Waals surface area contributed by atoms with Gasteiger partial charge in [0, 0.05) is 31.7 Å². The summed E-state index contributed by atoms with van der Waals surface area (Å²) in [6.45, 7) is 9.09. The van der Waals surface area contributed by atoms with Crippen LogP contribution in [-0.2, 0) is 32.5 Å². The van der Waals surface area contributed by atoms with E-state index in [1.54, 1.807) is 70.7 Å². The molecule has 0 radical (unpaired) electrons. The molecule has 4 rings (SSSR count). The lowest BCUT2D eigenvalue weighted by atomic mass is 9.97. The molecule has 1 amide bonds. The number of aromatic nitrogens is 4. The van der Waals surface area contributed by atoms with Crippen LogP contribution >= 0.6 is 0 Å². The van der Waals surface area contributed by atoms with Gasteiger partial charge in [0.15, 0.2) is 30.9 Å². The number of benzene rings is 1. The fourth-order valence-corrected chi connectivity index (χ4v) is 4.47. The van der Waals surface area contributed by atoms with Gasteiger partial charge in [0.1, 0.15) is 0 Å². The van der Waals surface area contributed by atoms with Crippen LogP contribution in [0.3, 0.4) is 0 Å². The fraction of sp³-hybridized carbons (Fsp3) is 0.483. The Morgan fingerprint density at radius 2 is 1.43 bits per heavy atom. The van der Waals surface area contributed by atoms with E-state index in [9.17, 15) is 33.9 Å². The first-order chi connectivity index (χ1) is 20.6. The van der Waals surface area contributed by atoms with Gasteiger partial charge in [0.05, 0.1) is 16.5 Å². The Labute approximate surface area is 252 Å². The van der Waals surface area contributed by atoms with Gasteiger partial charge in [-0.1, -0.05) is 12.1 Å². The Morgan fingerprint density at radius 3 is 1.95 bits per heavy atom. The molecule has 1 N–H and O–H groups in total. The van der Waals surface area contributed by atoms with Crippen LogP contribution in [0.5, 0.6) is 0 Å². The Kier molecular flexibility index (Phi) is 8.70. The van der Waals surface area contributed by atoms with Crippen molar-refractivity contribution in [3.63, 3.8) is 0 Å². The zero-order chi connectivity index (χ0) is 32.6. The number of para-hydroxylation sites is 1. The number of amides is 1. The maximum atomic E-state index is 14.1. The van der Waals surface area contributed by atoms with Gasteiger partial charge in [-0.15, -0.1) is 0 Å². The topological polar surface area (TPSA) is 175 Å². The van der Waals surface area contributed by atoms with E-state index in [0.29, 0.717) is 10.9 Å². The lowest BCUT2D eigenvalue weighted by molar-refractivity contribution is -0.157. The summed E-state index contributed by atoms with van der Waals surface area (Å²) in [5, 5.41) is 9.43. The molecule has 0 atom stereocenters. The maximum absolute atomic E-state index is 14.1. The third kappa shape index (κ3) is 6.21. The summed E-state index contributed by atoms with van der Waals surface area (Å²) in [6, 6.07) is 6.44. The van der Waals surface area contributed by atoms with Crippen LogP contribution in [0.2, 0.25) is 0 Å². The van der Waals surface area contributed by atoms with Crippen molar-refractivity contribution in [2.24, 2.45) is 10.8 Å². The number of fused-ring (bicyclic) bond motifs is 1. The third-order valence-corrected chi connectivity index (χ3v) is 7.02. The Bertz CT molecular complexity index is 1730. The van der Waals surface area contributed by atoms with E-state index in [-0.39, 0.29) is 54.5 Å². The second-order valence-electron chi connectivity index (χ2n) is 12.4. The van der Waals surface area contributed by atoms with Crippen LogP contribution in [0, 0.1) is 10.8 Å². The number of anilines is 1. The van der Waals surface area contributed by atoms with E-state index >= 15 is 0 Å². The van der Waals surface area contributed by atoms with Crippen molar-refractivity contribution in [1.82, 2.24) is 23.6 Å². The molecule has 1 saturated heterocycles. The van der Waals surface area contributed by atoms with Crippen LogP contribution < -0.4 is 16.1 Å². The van der Waals surface area contributed by atoms with Gasteiger partial charge < -0.3 is 24.4 Å². The molecule has 1 aromatic carbocycles. The molecule has 0 unspecified atom stereocenters. The summed E-state index contributed by atoms with van der Waals surface area (Å²) in [6.07, 6.45) is -0.468.